The highest BCUT2D eigenvalue weighted by Crippen LogP contribution is 2.21. The van der Waals surface area contributed by atoms with Crippen molar-refractivity contribution in [2.45, 2.75) is 0 Å². The van der Waals surface area contributed by atoms with Crippen LogP contribution in [0.15, 0.2) is 41.0 Å². The Balaban J connectivity index is 2.48. The van der Waals surface area contributed by atoms with E-state index in [0.29, 0.717) is 0 Å². The Morgan fingerprint density at radius 2 is 2.00 bits per heavy atom. The van der Waals surface area contributed by atoms with Crippen LogP contribution in [-0.4, -0.2) is 22.8 Å². The molecule has 0 saturated heterocycles. The summed E-state index contributed by atoms with van der Waals surface area (Å²) in [4.78, 5) is 11.1. The van der Waals surface area contributed by atoms with Crippen LogP contribution in [0.25, 0.3) is 5.69 Å². The van der Waals surface area contributed by atoms with E-state index in [9.17, 15) is 4.79 Å². The van der Waals surface area contributed by atoms with E-state index in [0.717, 1.165) is 15.9 Å². The van der Waals surface area contributed by atoms with Crippen molar-refractivity contribution in [3.63, 3.8) is 0 Å². The maximum Gasteiger partial charge on any atom is 0.352 e. The quantitative estimate of drug-likeness (QED) is 0.947. The molecule has 2 rings (SSSR count). The van der Waals surface area contributed by atoms with E-state index in [1.807, 2.05) is 0 Å². The molecule has 1 N–H and O–H groups in total. The van der Waals surface area contributed by atoms with Gasteiger partial charge in [-0.15, -0.1) is 0 Å². The van der Waals surface area contributed by atoms with E-state index >= 15 is 0 Å². The number of carboxylic acid groups (broad SMARTS) is 1. The predicted molar refractivity (Wildman–Crippen MR) is 67.0 cm³/mol. The third kappa shape index (κ3) is 2.34. The number of aromatic nitrogens is 1. The molecule has 0 aliphatic rings. The first kappa shape index (κ1) is 11.7. The largest absolute Gasteiger partial charge is 0.497 e. The molecule has 17 heavy (non-hydrogen) atoms. The highest BCUT2D eigenvalue weighted by molar-refractivity contribution is 9.10. The van der Waals surface area contributed by atoms with Crippen molar-refractivity contribution in [2.75, 3.05) is 7.11 Å². The minimum atomic E-state index is -0.966. The van der Waals surface area contributed by atoms with E-state index in [2.05, 4.69) is 15.9 Å². The molecule has 5 heteroatoms. The van der Waals surface area contributed by atoms with Gasteiger partial charge in [0.15, 0.2) is 0 Å². The molecule has 1 aromatic heterocycles. The van der Waals surface area contributed by atoms with Gasteiger partial charge >= 0.3 is 5.97 Å². The lowest BCUT2D eigenvalue weighted by atomic mass is 10.3. The zero-order valence-corrected chi connectivity index (χ0v) is 10.6. The van der Waals surface area contributed by atoms with Crippen LogP contribution in [-0.2, 0) is 0 Å². The molecule has 4 nitrogen and oxygen atoms in total. The summed E-state index contributed by atoms with van der Waals surface area (Å²) < 4.78 is 7.38. The average molecular weight is 296 g/mol. The minimum Gasteiger partial charge on any atom is -0.497 e. The normalized spacial score (nSPS) is 10.2. The van der Waals surface area contributed by atoms with E-state index in [1.165, 1.54) is 0 Å². The number of carbonyl (C=O) groups is 1. The topological polar surface area (TPSA) is 51.5 Å². The molecule has 0 atom stereocenters. The molecule has 0 fully saturated rings. The van der Waals surface area contributed by atoms with Gasteiger partial charge in [-0.1, -0.05) is 0 Å². The molecule has 0 bridgehead atoms. The number of carboxylic acids is 1. The second-order valence-corrected chi connectivity index (χ2v) is 4.33. The maximum absolute atomic E-state index is 11.1. The number of nitrogens with zero attached hydrogens (tertiary/aromatic N) is 1. The predicted octanol–water partition coefficient (Wildman–Crippen LogP) is 2.95. The smallest absolute Gasteiger partial charge is 0.352 e. The minimum absolute atomic E-state index is 0.210. The lowest BCUT2D eigenvalue weighted by Gasteiger charge is -2.07. The third-order valence-corrected chi connectivity index (χ3v) is 2.79. The lowest BCUT2D eigenvalue weighted by molar-refractivity contribution is 0.0688. The molecule has 0 amide bonds. The van der Waals surface area contributed by atoms with Gasteiger partial charge in [0, 0.05) is 16.4 Å². The molecule has 0 aliphatic carbocycles. The summed E-state index contributed by atoms with van der Waals surface area (Å²) in [5.41, 5.74) is 0.982. The molecule has 88 valence electrons. The van der Waals surface area contributed by atoms with Crippen molar-refractivity contribution in [3.05, 3.63) is 46.7 Å². The standard InChI is InChI=1S/C12H10BrNO3/c1-17-10-4-2-9(3-5-10)14-7-8(13)6-11(14)12(15)16/h2-7H,1H3,(H,15,16). The fourth-order valence-corrected chi connectivity index (χ4v) is 1.97. The van der Waals surface area contributed by atoms with E-state index in [4.69, 9.17) is 9.84 Å². The lowest BCUT2D eigenvalue weighted by Crippen LogP contribution is -2.05. The first-order chi connectivity index (χ1) is 8.11. The van der Waals surface area contributed by atoms with Gasteiger partial charge in [-0.3, -0.25) is 0 Å². The van der Waals surface area contributed by atoms with Gasteiger partial charge in [-0.05, 0) is 46.3 Å². The summed E-state index contributed by atoms with van der Waals surface area (Å²) >= 11 is 3.27. The molecule has 1 heterocycles. The van der Waals surface area contributed by atoms with Gasteiger partial charge in [0.25, 0.3) is 0 Å². The van der Waals surface area contributed by atoms with Gasteiger partial charge < -0.3 is 14.4 Å². The summed E-state index contributed by atoms with van der Waals surface area (Å²) in [5.74, 6) is -0.233. The van der Waals surface area contributed by atoms with Crippen LogP contribution in [0, 0.1) is 0 Å². The molecular weight excluding hydrogens is 286 g/mol. The second kappa shape index (κ2) is 4.63. The summed E-state index contributed by atoms with van der Waals surface area (Å²) in [5, 5.41) is 9.07. The Bertz CT molecular complexity index is 545. The Kier molecular flexibility index (Phi) is 3.19. The molecule has 1 aromatic carbocycles. The average Bonchev–Trinajstić information content (AvgIpc) is 2.72. The van der Waals surface area contributed by atoms with E-state index < -0.39 is 5.97 Å². The molecular formula is C12H10BrNO3. The molecule has 0 saturated carbocycles. The number of hydrogen-bond donors (Lipinski definition) is 1. The van der Waals surface area contributed by atoms with Gasteiger partial charge in [0.1, 0.15) is 11.4 Å². The number of ether oxygens (including phenoxy) is 1. The number of benzene rings is 1. The number of halogens is 1. The van der Waals surface area contributed by atoms with Gasteiger partial charge in [-0.2, -0.15) is 0 Å². The van der Waals surface area contributed by atoms with Crippen molar-refractivity contribution in [3.8, 4) is 11.4 Å². The monoisotopic (exact) mass is 295 g/mol. The van der Waals surface area contributed by atoms with E-state index in [-0.39, 0.29) is 5.69 Å². The SMILES string of the molecule is COc1ccc(-n2cc(Br)cc2C(=O)O)cc1. The Morgan fingerprint density at radius 3 is 2.53 bits per heavy atom. The van der Waals surface area contributed by atoms with Crippen molar-refractivity contribution in [1.29, 1.82) is 0 Å². The van der Waals surface area contributed by atoms with Crippen LogP contribution in [0.5, 0.6) is 5.75 Å². The zero-order chi connectivity index (χ0) is 12.4. The first-order valence-corrected chi connectivity index (χ1v) is 5.66. The van der Waals surface area contributed by atoms with Gasteiger partial charge in [0.2, 0.25) is 0 Å². The Labute approximate surface area is 107 Å². The zero-order valence-electron chi connectivity index (χ0n) is 9.05. The maximum atomic E-state index is 11.1. The molecule has 0 radical (unpaired) electrons. The summed E-state index contributed by atoms with van der Waals surface area (Å²) in [6, 6.07) is 8.74. The highest BCUT2D eigenvalue weighted by Gasteiger charge is 2.12. The van der Waals surface area contributed by atoms with Crippen LogP contribution in [0.4, 0.5) is 0 Å². The first-order valence-electron chi connectivity index (χ1n) is 4.87. The molecule has 0 aliphatic heterocycles. The molecule has 2 aromatic rings. The van der Waals surface area contributed by atoms with Crippen molar-refractivity contribution < 1.29 is 14.6 Å². The fourth-order valence-electron chi connectivity index (χ4n) is 1.55. The van der Waals surface area contributed by atoms with E-state index in [1.54, 1.807) is 48.2 Å². The van der Waals surface area contributed by atoms with Crippen LogP contribution >= 0.6 is 15.9 Å². The Morgan fingerprint density at radius 1 is 1.35 bits per heavy atom. The highest BCUT2D eigenvalue weighted by atomic mass is 79.9. The number of rotatable bonds is 3. The number of methoxy groups -OCH3 is 1. The van der Waals surface area contributed by atoms with Crippen LogP contribution in [0.3, 0.4) is 0 Å². The van der Waals surface area contributed by atoms with Crippen molar-refractivity contribution in [2.24, 2.45) is 0 Å². The number of hydrogen-bond acceptors (Lipinski definition) is 2. The van der Waals surface area contributed by atoms with Crippen molar-refractivity contribution >= 4 is 21.9 Å². The Hall–Kier alpha value is -1.75. The summed E-state index contributed by atoms with van der Waals surface area (Å²) in [6.45, 7) is 0. The fraction of sp³-hybridized carbons (Fsp3) is 0.0833. The van der Waals surface area contributed by atoms with Crippen LogP contribution < -0.4 is 4.74 Å². The van der Waals surface area contributed by atoms with Gasteiger partial charge in [0.05, 0.1) is 7.11 Å². The second-order valence-electron chi connectivity index (χ2n) is 3.42. The summed E-state index contributed by atoms with van der Waals surface area (Å²) in [6.07, 6.45) is 1.71. The summed E-state index contributed by atoms with van der Waals surface area (Å²) in [7, 11) is 1.59. The van der Waals surface area contributed by atoms with Crippen LogP contribution in [0.1, 0.15) is 10.5 Å². The van der Waals surface area contributed by atoms with Crippen LogP contribution in [0.2, 0.25) is 0 Å². The molecule has 0 spiro atoms. The third-order valence-electron chi connectivity index (χ3n) is 2.36. The van der Waals surface area contributed by atoms with Gasteiger partial charge in [-0.25, -0.2) is 4.79 Å². The van der Waals surface area contributed by atoms with Crippen molar-refractivity contribution in [1.82, 2.24) is 4.57 Å². The molecule has 0 unspecified atom stereocenters. The number of aromatic carboxylic acids is 1.